The lowest BCUT2D eigenvalue weighted by Gasteiger charge is -2.21. The van der Waals surface area contributed by atoms with Crippen molar-refractivity contribution < 1.29 is 0 Å². The van der Waals surface area contributed by atoms with E-state index in [-0.39, 0.29) is 0 Å². The van der Waals surface area contributed by atoms with E-state index in [0.29, 0.717) is 0 Å². The number of anilines is 1. The van der Waals surface area contributed by atoms with Crippen molar-refractivity contribution in [2.45, 2.75) is 0 Å². The third-order valence-electron chi connectivity index (χ3n) is 10.8. The Hall–Kier alpha value is -6.18. The molecule has 222 valence electrons. The van der Waals surface area contributed by atoms with E-state index in [1.807, 2.05) is 0 Å². The van der Waals surface area contributed by atoms with Gasteiger partial charge in [-0.15, -0.1) is 0 Å². The van der Waals surface area contributed by atoms with Crippen LogP contribution in [0.1, 0.15) is 11.1 Å². The van der Waals surface area contributed by atoms with Gasteiger partial charge in [-0.2, -0.15) is 0 Å². The van der Waals surface area contributed by atoms with Crippen LogP contribution in [-0.2, 0) is 0 Å². The Morgan fingerprint density at radius 3 is 1.29 bits per heavy atom. The topological polar surface area (TPSA) is 12.0 Å². The standard InChI is InChI=1S/C47H29N/c1-3-11-36-34(9-1)41-16-7-14-39-31(19-21-43(36)46(39)41)28-25-29(27-30(26-28)33-23-24-48-45-18-6-5-13-38(33)45)32-20-22-44-37-12-4-2-10-35(37)42-17-8-15-40(32)47(42)44/h1-23,25-27,48H,24H2. The summed E-state index contributed by atoms with van der Waals surface area (Å²) in [4.78, 5) is 0. The van der Waals surface area contributed by atoms with Crippen molar-refractivity contribution in [2.24, 2.45) is 0 Å². The fraction of sp³-hybridized carbons (Fsp3) is 0.0213. The van der Waals surface area contributed by atoms with Crippen molar-refractivity contribution in [1.82, 2.24) is 0 Å². The molecule has 2 aliphatic carbocycles. The van der Waals surface area contributed by atoms with E-state index in [1.165, 1.54) is 111 Å². The zero-order chi connectivity index (χ0) is 31.3. The predicted molar refractivity (Wildman–Crippen MR) is 203 cm³/mol. The first-order valence-electron chi connectivity index (χ1n) is 16.8. The minimum Gasteiger partial charge on any atom is -0.381 e. The van der Waals surface area contributed by atoms with E-state index in [4.69, 9.17) is 0 Å². The van der Waals surface area contributed by atoms with E-state index in [2.05, 4.69) is 163 Å². The largest absolute Gasteiger partial charge is 0.381 e. The molecule has 11 rings (SSSR count). The quantitative estimate of drug-likeness (QED) is 0.211. The third kappa shape index (κ3) is 3.51. The Kier molecular flexibility index (Phi) is 5.23. The number of hydrogen-bond acceptors (Lipinski definition) is 1. The molecule has 1 N–H and O–H groups in total. The number of hydrogen-bond donors (Lipinski definition) is 1. The minimum atomic E-state index is 0.810. The number of para-hydroxylation sites is 1. The van der Waals surface area contributed by atoms with Gasteiger partial charge in [-0.1, -0.05) is 133 Å². The normalized spacial score (nSPS) is 13.2. The molecule has 8 aromatic carbocycles. The highest BCUT2D eigenvalue weighted by Crippen LogP contribution is 2.52. The summed E-state index contributed by atoms with van der Waals surface area (Å²) in [5.41, 5.74) is 20.6. The molecule has 0 bridgehead atoms. The van der Waals surface area contributed by atoms with Crippen LogP contribution in [0, 0.1) is 0 Å². The second-order valence-corrected chi connectivity index (χ2v) is 13.2. The van der Waals surface area contributed by atoms with Gasteiger partial charge in [0.2, 0.25) is 0 Å². The molecule has 0 saturated carbocycles. The van der Waals surface area contributed by atoms with Crippen LogP contribution in [0.4, 0.5) is 5.69 Å². The van der Waals surface area contributed by atoms with Gasteiger partial charge in [0.25, 0.3) is 0 Å². The number of fused-ring (bicyclic) bond motifs is 7. The lowest BCUT2D eigenvalue weighted by molar-refractivity contribution is 1.29. The zero-order valence-corrected chi connectivity index (χ0v) is 26.2. The Labute approximate surface area is 279 Å². The van der Waals surface area contributed by atoms with Crippen molar-refractivity contribution in [3.8, 4) is 66.8 Å². The van der Waals surface area contributed by atoms with E-state index < -0.39 is 0 Å². The zero-order valence-electron chi connectivity index (χ0n) is 26.2. The van der Waals surface area contributed by atoms with Gasteiger partial charge in [0.1, 0.15) is 0 Å². The number of rotatable bonds is 3. The van der Waals surface area contributed by atoms with E-state index in [1.54, 1.807) is 0 Å². The molecule has 0 atom stereocenters. The first kappa shape index (κ1) is 25.9. The summed E-state index contributed by atoms with van der Waals surface area (Å²) in [6, 6.07) is 56.6. The van der Waals surface area contributed by atoms with Crippen LogP contribution in [0.25, 0.3) is 93.9 Å². The summed E-state index contributed by atoms with van der Waals surface area (Å²) >= 11 is 0. The monoisotopic (exact) mass is 607 g/mol. The first-order chi connectivity index (χ1) is 23.8. The van der Waals surface area contributed by atoms with Crippen LogP contribution in [0.5, 0.6) is 0 Å². The summed E-state index contributed by atoms with van der Waals surface area (Å²) in [5, 5.41) is 8.91. The summed E-state index contributed by atoms with van der Waals surface area (Å²) in [7, 11) is 0. The highest BCUT2D eigenvalue weighted by Gasteiger charge is 2.25. The maximum atomic E-state index is 3.58. The number of nitrogens with one attached hydrogen (secondary N) is 1. The summed E-state index contributed by atoms with van der Waals surface area (Å²) in [5.74, 6) is 0. The Balaban J connectivity index is 1.18. The van der Waals surface area contributed by atoms with Crippen molar-refractivity contribution in [2.75, 3.05) is 11.9 Å². The van der Waals surface area contributed by atoms with Gasteiger partial charge in [-0.3, -0.25) is 0 Å². The minimum absolute atomic E-state index is 0.810. The van der Waals surface area contributed by atoms with Crippen LogP contribution in [0.3, 0.4) is 0 Å². The van der Waals surface area contributed by atoms with Crippen molar-refractivity contribution in [1.29, 1.82) is 0 Å². The van der Waals surface area contributed by atoms with Crippen LogP contribution in [-0.4, -0.2) is 6.54 Å². The Morgan fingerprint density at radius 1 is 0.333 bits per heavy atom. The maximum absolute atomic E-state index is 3.58. The van der Waals surface area contributed by atoms with Crippen LogP contribution < -0.4 is 5.32 Å². The molecular formula is C47H29N. The maximum Gasteiger partial charge on any atom is 0.0422 e. The molecule has 8 aromatic rings. The molecule has 1 heterocycles. The molecule has 1 aliphatic heterocycles. The van der Waals surface area contributed by atoms with Gasteiger partial charge in [0, 0.05) is 17.8 Å². The highest BCUT2D eigenvalue weighted by molar-refractivity contribution is 6.20. The third-order valence-corrected chi connectivity index (χ3v) is 10.8. The molecule has 0 fully saturated rings. The van der Waals surface area contributed by atoms with Gasteiger partial charge in [0.05, 0.1) is 0 Å². The fourth-order valence-electron chi connectivity index (χ4n) is 8.73. The van der Waals surface area contributed by atoms with Crippen molar-refractivity contribution in [3.05, 3.63) is 169 Å². The average molecular weight is 608 g/mol. The van der Waals surface area contributed by atoms with Crippen LogP contribution in [0.2, 0.25) is 0 Å². The molecule has 0 amide bonds. The molecular weight excluding hydrogens is 579 g/mol. The Bertz CT molecular complexity index is 2510. The lowest BCUT2D eigenvalue weighted by atomic mass is 9.86. The molecule has 1 heteroatoms. The van der Waals surface area contributed by atoms with E-state index in [0.717, 1.165) is 6.54 Å². The fourth-order valence-corrected chi connectivity index (χ4v) is 8.73. The number of benzene rings is 8. The Morgan fingerprint density at radius 2 is 0.750 bits per heavy atom. The molecule has 1 nitrogen and oxygen atoms in total. The molecule has 3 aliphatic rings. The molecule has 0 saturated heterocycles. The van der Waals surface area contributed by atoms with Crippen LogP contribution in [0.15, 0.2) is 158 Å². The molecule has 0 aromatic heterocycles. The summed E-state index contributed by atoms with van der Waals surface area (Å²) < 4.78 is 0. The predicted octanol–water partition coefficient (Wildman–Crippen LogP) is 12.5. The van der Waals surface area contributed by atoms with Crippen molar-refractivity contribution in [3.63, 3.8) is 0 Å². The van der Waals surface area contributed by atoms with Crippen LogP contribution >= 0.6 is 0 Å². The van der Waals surface area contributed by atoms with Gasteiger partial charge in [-0.05, 0) is 124 Å². The smallest absolute Gasteiger partial charge is 0.0422 e. The van der Waals surface area contributed by atoms with Gasteiger partial charge in [-0.25, -0.2) is 0 Å². The second-order valence-electron chi connectivity index (χ2n) is 13.2. The molecule has 0 spiro atoms. The van der Waals surface area contributed by atoms with Crippen molar-refractivity contribution >= 4 is 32.8 Å². The molecule has 0 radical (unpaired) electrons. The lowest BCUT2D eigenvalue weighted by Crippen LogP contribution is -2.08. The average Bonchev–Trinajstić information content (AvgIpc) is 3.66. The van der Waals surface area contributed by atoms with Gasteiger partial charge < -0.3 is 5.32 Å². The van der Waals surface area contributed by atoms with Gasteiger partial charge >= 0.3 is 0 Å². The first-order valence-corrected chi connectivity index (χ1v) is 16.8. The van der Waals surface area contributed by atoms with Gasteiger partial charge in [0.15, 0.2) is 0 Å². The summed E-state index contributed by atoms with van der Waals surface area (Å²) in [6.45, 7) is 0.810. The summed E-state index contributed by atoms with van der Waals surface area (Å²) in [6.07, 6.45) is 2.35. The van der Waals surface area contributed by atoms with E-state index in [9.17, 15) is 0 Å². The second kappa shape index (κ2) is 9.67. The molecule has 48 heavy (non-hydrogen) atoms. The SMILES string of the molecule is C1=C(c2cc(-c3ccc4c5c(cccc35)-c3ccccc3-4)cc(-c3ccc4c5c(cccc35)-c3ccccc3-4)c2)c2ccccc2NC1. The van der Waals surface area contributed by atoms with E-state index >= 15 is 0 Å². The molecule has 0 unspecified atom stereocenters. The highest BCUT2D eigenvalue weighted by atomic mass is 14.9.